The number of carbonyl (C=O) groups is 2. The molecule has 0 aliphatic carbocycles. The highest BCUT2D eigenvalue weighted by Crippen LogP contribution is 2.18. The molecule has 132 valence electrons. The van der Waals surface area contributed by atoms with Gasteiger partial charge >= 0.3 is 0 Å². The fourth-order valence-electron chi connectivity index (χ4n) is 2.29. The minimum absolute atomic E-state index is 0.0300. The number of aryl methyl sites for hydroxylation is 2. The molecule has 2 amide bonds. The number of rotatable bonds is 7. The summed E-state index contributed by atoms with van der Waals surface area (Å²) in [5, 5.41) is 2.86. The molecule has 2 aromatic rings. The van der Waals surface area contributed by atoms with E-state index in [2.05, 4.69) is 11.4 Å². The van der Waals surface area contributed by atoms with Crippen LogP contribution in [0, 0.1) is 6.92 Å². The van der Waals surface area contributed by atoms with Crippen molar-refractivity contribution in [3.63, 3.8) is 0 Å². The number of hydrogen-bond acceptors (Lipinski definition) is 3. The van der Waals surface area contributed by atoms with Crippen LogP contribution in [0.25, 0.3) is 0 Å². The molecule has 0 unspecified atom stereocenters. The number of nitrogens with zero attached hydrogens (tertiary/aromatic N) is 1. The summed E-state index contributed by atoms with van der Waals surface area (Å²) in [6, 6.07) is 15.2. The topological polar surface area (TPSA) is 58.6 Å². The predicted molar refractivity (Wildman–Crippen MR) is 98.8 cm³/mol. The van der Waals surface area contributed by atoms with Crippen molar-refractivity contribution in [2.75, 3.05) is 26.0 Å². The second-order valence-corrected chi connectivity index (χ2v) is 6.14. The molecule has 0 atom stereocenters. The fourth-order valence-corrected chi connectivity index (χ4v) is 2.29. The van der Waals surface area contributed by atoms with E-state index in [0.29, 0.717) is 24.3 Å². The number of ether oxygens (including phenoxy) is 1. The van der Waals surface area contributed by atoms with E-state index in [-0.39, 0.29) is 18.4 Å². The molecule has 5 heteroatoms. The number of benzene rings is 2. The van der Waals surface area contributed by atoms with Crippen LogP contribution in [0.3, 0.4) is 0 Å². The number of carbonyl (C=O) groups excluding carboxylic acids is 2. The van der Waals surface area contributed by atoms with Gasteiger partial charge < -0.3 is 15.0 Å². The summed E-state index contributed by atoms with van der Waals surface area (Å²) < 4.78 is 5.45. The minimum Gasteiger partial charge on any atom is -0.484 e. The summed E-state index contributed by atoms with van der Waals surface area (Å²) in [6.07, 6.45) is 1.11. The van der Waals surface area contributed by atoms with Gasteiger partial charge in [0.15, 0.2) is 6.61 Å². The van der Waals surface area contributed by atoms with Gasteiger partial charge in [-0.2, -0.15) is 0 Å². The number of hydrogen-bond donors (Lipinski definition) is 1. The van der Waals surface area contributed by atoms with Crippen LogP contribution in [0.15, 0.2) is 48.5 Å². The second-order valence-electron chi connectivity index (χ2n) is 6.14. The molecule has 2 rings (SSSR count). The van der Waals surface area contributed by atoms with Crippen molar-refractivity contribution in [2.45, 2.75) is 19.8 Å². The van der Waals surface area contributed by atoms with Crippen LogP contribution in [-0.4, -0.2) is 37.4 Å². The van der Waals surface area contributed by atoms with Crippen LogP contribution in [0.2, 0.25) is 0 Å². The Morgan fingerprint density at radius 3 is 2.56 bits per heavy atom. The molecule has 0 saturated carbocycles. The Morgan fingerprint density at radius 2 is 1.84 bits per heavy atom. The highest BCUT2D eigenvalue weighted by atomic mass is 16.5. The first-order valence-electron chi connectivity index (χ1n) is 8.22. The number of anilines is 1. The molecule has 0 aliphatic rings. The lowest BCUT2D eigenvalue weighted by molar-refractivity contribution is -0.130. The van der Waals surface area contributed by atoms with E-state index in [1.165, 1.54) is 10.5 Å². The lowest BCUT2D eigenvalue weighted by Crippen LogP contribution is -2.27. The third kappa shape index (κ3) is 6.30. The minimum atomic E-state index is -0.118. The Bertz CT molecular complexity index is 741. The summed E-state index contributed by atoms with van der Waals surface area (Å²) >= 11 is 0. The van der Waals surface area contributed by atoms with Crippen molar-refractivity contribution in [1.82, 2.24) is 4.90 Å². The van der Waals surface area contributed by atoms with Crippen LogP contribution in [-0.2, 0) is 16.0 Å². The van der Waals surface area contributed by atoms with Gasteiger partial charge in [-0.25, -0.2) is 0 Å². The summed E-state index contributed by atoms with van der Waals surface area (Å²) in [5.41, 5.74) is 2.99. The summed E-state index contributed by atoms with van der Waals surface area (Å²) in [7, 11) is 3.35. The smallest absolute Gasteiger partial charge is 0.259 e. The summed E-state index contributed by atoms with van der Waals surface area (Å²) in [6.45, 7) is 2.01. The lowest BCUT2D eigenvalue weighted by Gasteiger charge is -2.12. The molecule has 0 radical (unpaired) electrons. The SMILES string of the molecule is Cc1cccc(CCC(=O)Nc2cccc(OCC(=O)N(C)C)c2)c1. The molecule has 2 aromatic carbocycles. The molecule has 0 saturated heterocycles. The van der Waals surface area contributed by atoms with Gasteiger partial charge in [0.05, 0.1) is 0 Å². The monoisotopic (exact) mass is 340 g/mol. The molecular weight excluding hydrogens is 316 g/mol. The van der Waals surface area contributed by atoms with Gasteiger partial charge in [0.25, 0.3) is 5.91 Å². The first-order chi connectivity index (χ1) is 11.9. The van der Waals surface area contributed by atoms with Crippen molar-refractivity contribution in [2.24, 2.45) is 0 Å². The summed E-state index contributed by atoms with van der Waals surface area (Å²) in [5.74, 6) is 0.377. The third-order valence-corrected chi connectivity index (χ3v) is 3.70. The average molecular weight is 340 g/mol. The van der Waals surface area contributed by atoms with E-state index in [0.717, 1.165) is 5.56 Å². The molecular formula is C20H24N2O3. The number of likely N-dealkylation sites (N-methyl/N-ethyl adjacent to an activating group) is 1. The zero-order valence-corrected chi connectivity index (χ0v) is 14.9. The Labute approximate surface area is 148 Å². The summed E-state index contributed by atoms with van der Waals surface area (Å²) in [4.78, 5) is 25.1. The van der Waals surface area contributed by atoms with Crippen molar-refractivity contribution in [3.05, 3.63) is 59.7 Å². The second kappa shape index (κ2) is 8.87. The van der Waals surface area contributed by atoms with E-state index < -0.39 is 0 Å². The number of nitrogens with one attached hydrogen (secondary N) is 1. The van der Waals surface area contributed by atoms with Crippen molar-refractivity contribution >= 4 is 17.5 Å². The van der Waals surface area contributed by atoms with Gasteiger partial charge in [-0.1, -0.05) is 35.9 Å². The Hall–Kier alpha value is -2.82. The van der Waals surface area contributed by atoms with Gasteiger partial charge in [0.1, 0.15) is 5.75 Å². The third-order valence-electron chi connectivity index (χ3n) is 3.70. The van der Waals surface area contributed by atoms with Gasteiger partial charge in [-0.3, -0.25) is 9.59 Å². The lowest BCUT2D eigenvalue weighted by atomic mass is 10.1. The van der Waals surface area contributed by atoms with Crippen molar-refractivity contribution in [1.29, 1.82) is 0 Å². The zero-order chi connectivity index (χ0) is 18.2. The first-order valence-corrected chi connectivity index (χ1v) is 8.22. The van der Waals surface area contributed by atoms with E-state index in [9.17, 15) is 9.59 Å². The largest absolute Gasteiger partial charge is 0.484 e. The van der Waals surface area contributed by atoms with Crippen LogP contribution in [0.5, 0.6) is 5.75 Å². The molecule has 0 aliphatic heterocycles. The molecule has 0 bridgehead atoms. The maximum atomic E-state index is 12.1. The van der Waals surface area contributed by atoms with Gasteiger partial charge in [0, 0.05) is 32.3 Å². The quantitative estimate of drug-likeness (QED) is 0.843. The van der Waals surface area contributed by atoms with Crippen LogP contribution in [0.4, 0.5) is 5.69 Å². The normalized spacial score (nSPS) is 10.2. The first kappa shape index (κ1) is 18.5. The van der Waals surface area contributed by atoms with Crippen LogP contribution in [0.1, 0.15) is 17.5 Å². The number of amides is 2. The molecule has 25 heavy (non-hydrogen) atoms. The Kier molecular flexibility index (Phi) is 6.57. The maximum Gasteiger partial charge on any atom is 0.259 e. The van der Waals surface area contributed by atoms with E-state index in [1.54, 1.807) is 38.4 Å². The van der Waals surface area contributed by atoms with Crippen LogP contribution < -0.4 is 10.1 Å². The van der Waals surface area contributed by atoms with E-state index >= 15 is 0 Å². The van der Waals surface area contributed by atoms with Crippen molar-refractivity contribution < 1.29 is 14.3 Å². The Balaban J connectivity index is 1.86. The fraction of sp³-hybridized carbons (Fsp3) is 0.300. The van der Waals surface area contributed by atoms with E-state index in [1.807, 2.05) is 25.1 Å². The maximum absolute atomic E-state index is 12.1. The highest BCUT2D eigenvalue weighted by molar-refractivity contribution is 5.91. The molecule has 0 aromatic heterocycles. The molecule has 1 N–H and O–H groups in total. The van der Waals surface area contributed by atoms with Crippen molar-refractivity contribution in [3.8, 4) is 5.75 Å². The standard InChI is InChI=1S/C20H24N2O3/c1-15-6-4-7-16(12-15)10-11-19(23)21-17-8-5-9-18(13-17)25-14-20(24)22(2)3/h4-9,12-13H,10-11,14H2,1-3H3,(H,21,23). The van der Waals surface area contributed by atoms with E-state index in [4.69, 9.17) is 4.74 Å². The van der Waals surface area contributed by atoms with Gasteiger partial charge in [-0.15, -0.1) is 0 Å². The molecule has 0 heterocycles. The average Bonchev–Trinajstić information content (AvgIpc) is 2.58. The van der Waals surface area contributed by atoms with Gasteiger partial charge in [-0.05, 0) is 31.0 Å². The molecule has 0 fully saturated rings. The highest BCUT2D eigenvalue weighted by Gasteiger charge is 2.07. The molecule has 5 nitrogen and oxygen atoms in total. The zero-order valence-electron chi connectivity index (χ0n) is 14.9. The van der Waals surface area contributed by atoms with Gasteiger partial charge in [0.2, 0.25) is 5.91 Å². The predicted octanol–water partition coefficient (Wildman–Crippen LogP) is 3.03. The Morgan fingerprint density at radius 1 is 1.08 bits per heavy atom. The van der Waals surface area contributed by atoms with Crippen LogP contribution >= 0.6 is 0 Å². The molecule has 0 spiro atoms.